The van der Waals surface area contributed by atoms with Crippen molar-refractivity contribution in [2.24, 2.45) is 0 Å². The van der Waals surface area contributed by atoms with Crippen molar-refractivity contribution in [3.05, 3.63) is 0 Å². The van der Waals surface area contributed by atoms with Crippen LogP contribution in [-0.2, 0) is 18.0 Å². The number of carbonyl (C=O) groups excluding carboxylic acids is 1. The molecule has 0 rings (SSSR count). The summed E-state index contributed by atoms with van der Waals surface area (Å²) in [7, 11) is 1.65. The molecule has 23 heavy (non-hydrogen) atoms. The number of nitrogens with one attached hydrogen (secondary N) is 1. The van der Waals surface area contributed by atoms with Crippen LogP contribution in [0, 0.1) is 0 Å². The van der Waals surface area contributed by atoms with Gasteiger partial charge < -0.3 is 23.3 Å². The Balaban J connectivity index is 4.98. The highest BCUT2D eigenvalue weighted by atomic mass is 28.4. The van der Waals surface area contributed by atoms with Crippen molar-refractivity contribution in [1.82, 2.24) is 5.32 Å². The maximum atomic E-state index is 12.3. The summed E-state index contributed by atoms with van der Waals surface area (Å²) in [6.45, 7) is 12.9. The highest BCUT2D eigenvalue weighted by Crippen LogP contribution is 2.17. The van der Waals surface area contributed by atoms with Gasteiger partial charge in [-0.05, 0) is 27.2 Å². The minimum Gasteiger partial charge on any atom is -0.397 e. The zero-order valence-electron chi connectivity index (χ0n) is 16.0. The van der Waals surface area contributed by atoms with Gasteiger partial charge in [0.2, 0.25) is 6.23 Å². The summed E-state index contributed by atoms with van der Waals surface area (Å²) in [5.74, 6) is 0. The Morgan fingerprint density at radius 3 is 1.74 bits per heavy atom. The van der Waals surface area contributed by atoms with E-state index in [4.69, 9.17) is 18.0 Å². The van der Waals surface area contributed by atoms with E-state index in [0.29, 0.717) is 6.42 Å². The molecule has 0 radical (unpaired) electrons. The Morgan fingerprint density at radius 2 is 1.43 bits per heavy atom. The number of alkyl carbamates (subject to hydrolysis) is 1. The Hall–Kier alpha value is -0.673. The molecule has 0 aromatic rings. The first-order valence-corrected chi connectivity index (χ1v) is 10.1. The van der Waals surface area contributed by atoms with Gasteiger partial charge in [0.25, 0.3) is 0 Å². The average molecular weight is 352 g/mol. The van der Waals surface area contributed by atoms with Gasteiger partial charge >= 0.3 is 14.9 Å². The Labute approximate surface area is 142 Å². The number of hydrogen-bond acceptors (Lipinski definition) is 5. The van der Waals surface area contributed by atoms with Crippen molar-refractivity contribution >= 4 is 14.9 Å². The Morgan fingerprint density at radius 1 is 1.00 bits per heavy atom. The van der Waals surface area contributed by atoms with Crippen LogP contribution in [-0.4, -0.2) is 72.2 Å². The molecular weight excluding hydrogens is 316 g/mol. The molecule has 1 amide bonds. The van der Waals surface area contributed by atoms with Gasteiger partial charge in [0.05, 0.1) is 19.6 Å². The largest absolute Gasteiger partial charge is 0.523 e. The number of carbonyl (C=O) groups is 1. The van der Waals surface area contributed by atoms with Crippen LogP contribution >= 0.6 is 0 Å². The molecule has 2 atom stereocenters. The van der Waals surface area contributed by atoms with Crippen molar-refractivity contribution in [3.8, 4) is 0 Å². The molecule has 0 aliphatic carbocycles. The molecule has 0 heterocycles. The van der Waals surface area contributed by atoms with Crippen molar-refractivity contribution in [2.45, 2.75) is 52.9 Å². The van der Waals surface area contributed by atoms with E-state index >= 15 is 0 Å². The molecule has 0 aliphatic rings. The van der Waals surface area contributed by atoms with E-state index in [-0.39, 0.29) is 11.9 Å². The van der Waals surface area contributed by atoms with E-state index in [1.165, 1.54) is 21.3 Å². The lowest BCUT2D eigenvalue weighted by atomic mass is 10.3. The van der Waals surface area contributed by atoms with Gasteiger partial charge in [0, 0.05) is 28.3 Å². The van der Waals surface area contributed by atoms with Gasteiger partial charge in [0.15, 0.2) is 0 Å². The lowest BCUT2D eigenvalue weighted by Crippen LogP contribution is -2.62. The predicted molar refractivity (Wildman–Crippen MR) is 91.8 cm³/mol. The zero-order chi connectivity index (χ0) is 18.1. The average Bonchev–Trinajstić information content (AvgIpc) is 2.57. The van der Waals surface area contributed by atoms with E-state index in [0.717, 1.165) is 24.1 Å². The lowest BCUT2D eigenvalue weighted by Gasteiger charge is -2.40. The highest BCUT2D eigenvalue weighted by Gasteiger charge is 2.48. The van der Waals surface area contributed by atoms with Gasteiger partial charge in [-0.25, -0.2) is 4.79 Å². The van der Waals surface area contributed by atoms with Crippen LogP contribution in [0.15, 0.2) is 0 Å². The molecule has 0 aliphatic heterocycles. The molecule has 138 valence electrons. The van der Waals surface area contributed by atoms with E-state index in [2.05, 4.69) is 26.1 Å². The van der Waals surface area contributed by atoms with Crippen molar-refractivity contribution in [1.29, 1.82) is 0 Å². The molecule has 1 N–H and O–H groups in total. The van der Waals surface area contributed by atoms with E-state index < -0.39 is 14.9 Å². The first kappa shape index (κ1) is 22.3. The lowest BCUT2D eigenvalue weighted by molar-refractivity contribution is -0.962. The third-order valence-electron chi connectivity index (χ3n) is 4.92. The van der Waals surface area contributed by atoms with Crippen molar-refractivity contribution < 1.29 is 27.3 Å². The van der Waals surface area contributed by atoms with Gasteiger partial charge in [-0.1, -0.05) is 6.92 Å². The normalized spacial score (nSPS) is 15.1. The summed E-state index contributed by atoms with van der Waals surface area (Å²) in [6, 6.07) is 0. The SMILES string of the molecule is CCC(NC(=O)OC(C)[N+](CC)(CC)CC)[Si](OC)(OC)OC. The first-order chi connectivity index (χ1) is 10.8. The third-order valence-corrected chi connectivity index (χ3v) is 8.03. The molecule has 7 nitrogen and oxygen atoms in total. The number of hydrogen-bond donors (Lipinski definition) is 1. The molecule has 8 heteroatoms. The molecule has 0 aromatic heterocycles. The molecule has 0 spiro atoms. The highest BCUT2D eigenvalue weighted by molar-refractivity contribution is 6.62. The molecular formula is C15H35N2O5Si+. The molecule has 0 saturated carbocycles. The summed E-state index contributed by atoms with van der Waals surface area (Å²) in [5, 5.41) is 2.85. The summed E-state index contributed by atoms with van der Waals surface area (Å²) in [4.78, 5) is 12.3. The number of rotatable bonds is 11. The second kappa shape index (κ2) is 10.2. The predicted octanol–water partition coefficient (Wildman–Crippen LogP) is 2.13. The first-order valence-electron chi connectivity index (χ1n) is 8.33. The quantitative estimate of drug-likeness (QED) is 0.351. The third kappa shape index (κ3) is 5.15. The fourth-order valence-corrected chi connectivity index (χ4v) is 5.15. The minimum absolute atomic E-state index is 0.226. The standard InChI is InChI=1S/C15H34N2O5Si/c1-9-14(23(19-6,20-7)21-8)16-15(18)22-13(5)17(10-2,11-3)12-4/h13-14H,9-12H2,1-8H3/p+1. The van der Waals surface area contributed by atoms with E-state index in [9.17, 15) is 4.79 Å². The number of amides is 1. The topological polar surface area (TPSA) is 66.0 Å². The summed E-state index contributed by atoms with van der Waals surface area (Å²) < 4.78 is 22.7. The van der Waals surface area contributed by atoms with Crippen LogP contribution < -0.4 is 5.32 Å². The second-order valence-electron chi connectivity index (χ2n) is 5.49. The molecule has 0 saturated heterocycles. The van der Waals surface area contributed by atoms with Crippen LogP contribution in [0.2, 0.25) is 0 Å². The molecule has 0 aromatic carbocycles. The van der Waals surface area contributed by atoms with Crippen LogP contribution in [0.25, 0.3) is 0 Å². The van der Waals surface area contributed by atoms with Crippen LogP contribution in [0.4, 0.5) is 4.79 Å². The van der Waals surface area contributed by atoms with E-state index in [1.54, 1.807) is 0 Å². The van der Waals surface area contributed by atoms with Crippen molar-refractivity contribution in [2.75, 3.05) is 41.0 Å². The number of ether oxygens (including phenoxy) is 1. The van der Waals surface area contributed by atoms with Crippen LogP contribution in [0.1, 0.15) is 41.0 Å². The minimum atomic E-state index is -2.95. The monoisotopic (exact) mass is 351 g/mol. The maximum absolute atomic E-state index is 12.3. The summed E-state index contributed by atoms with van der Waals surface area (Å²) in [6.07, 6.45) is -0.0676. The molecule has 2 unspecified atom stereocenters. The fraction of sp³-hybridized carbons (Fsp3) is 0.933. The summed E-state index contributed by atoms with van der Waals surface area (Å²) in [5.41, 5.74) is -0.353. The Kier molecular flexibility index (Phi) is 9.95. The van der Waals surface area contributed by atoms with Crippen LogP contribution in [0.5, 0.6) is 0 Å². The van der Waals surface area contributed by atoms with Crippen molar-refractivity contribution in [3.63, 3.8) is 0 Å². The van der Waals surface area contributed by atoms with Gasteiger partial charge in [-0.15, -0.1) is 0 Å². The smallest absolute Gasteiger partial charge is 0.397 e. The summed E-state index contributed by atoms with van der Waals surface area (Å²) >= 11 is 0. The second-order valence-corrected chi connectivity index (χ2v) is 8.62. The number of nitrogens with zero attached hydrogens (tertiary/aromatic N) is 1. The number of quaternary nitrogens is 1. The van der Waals surface area contributed by atoms with Gasteiger partial charge in [-0.3, -0.25) is 4.48 Å². The maximum Gasteiger partial charge on any atom is 0.523 e. The zero-order valence-corrected chi connectivity index (χ0v) is 17.0. The van der Waals surface area contributed by atoms with Crippen LogP contribution in [0.3, 0.4) is 0 Å². The molecule has 0 bridgehead atoms. The van der Waals surface area contributed by atoms with Gasteiger partial charge in [0.1, 0.15) is 5.67 Å². The Bertz CT molecular complexity index is 332. The van der Waals surface area contributed by atoms with E-state index in [1.807, 2.05) is 13.8 Å². The van der Waals surface area contributed by atoms with Gasteiger partial charge in [-0.2, -0.15) is 0 Å². The fourth-order valence-electron chi connectivity index (χ4n) is 3.00. The molecule has 0 fully saturated rings.